The molecule has 0 amide bonds. The van der Waals surface area contributed by atoms with Gasteiger partial charge in [-0.05, 0) is 23.8 Å². The maximum absolute atomic E-state index is 10.7. The van der Waals surface area contributed by atoms with Gasteiger partial charge in [0.05, 0.1) is 12.0 Å². The standard InChI is InChI=1S/C14H14N2O3S/c1-19-12-5-6-13(15)14(8-12)20-9-10-3-2-4-11(7-10)16(17)18/h2-8H,9,15H2,1H3. The molecular weight excluding hydrogens is 276 g/mol. The number of thioether (sulfide) groups is 1. The molecule has 20 heavy (non-hydrogen) atoms. The van der Waals surface area contributed by atoms with Crippen LogP contribution in [0.25, 0.3) is 0 Å². The molecule has 0 aliphatic rings. The van der Waals surface area contributed by atoms with Gasteiger partial charge in [0.25, 0.3) is 5.69 Å². The van der Waals surface area contributed by atoms with Crippen LogP contribution in [0.15, 0.2) is 47.4 Å². The van der Waals surface area contributed by atoms with Gasteiger partial charge in [-0.2, -0.15) is 0 Å². The van der Waals surface area contributed by atoms with Gasteiger partial charge < -0.3 is 10.5 Å². The molecule has 6 heteroatoms. The van der Waals surface area contributed by atoms with E-state index in [-0.39, 0.29) is 5.69 Å². The van der Waals surface area contributed by atoms with E-state index >= 15 is 0 Å². The van der Waals surface area contributed by atoms with Gasteiger partial charge in [-0.1, -0.05) is 12.1 Å². The molecule has 0 aliphatic carbocycles. The zero-order valence-corrected chi connectivity index (χ0v) is 11.7. The van der Waals surface area contributed by atoms with Crippen LogP contribution in [0.3, 0.4) is 0 Å². The van der Waals surface area contributed by atoms with Gasteiger partial charge in [-0.25, -0.2) is 0 Å². The Morgan fingerprint density at radius 1 is 1.30 bits per heavy atom. The molecule has 0 spiro atoms. The van der Waals surface area contributed by atoms with Crippen molar-refractivity contribution in [3.63, 3.8) is 0 Å². The molecule has 0 radical (unpaired) electrons. The van der Waals surface area contributed by atoms with Crippen LogP contribution in [0.2, 0.25) is 0 Å². The fourth-order valence-electron chi connectivity index (χ4n) is 1.69. The Bertz CT molecular complexity index is 632. The molecule has 0 aromatic heterocycles. The van der Waals surface area contributed by atoms with Gasteiger partial charge in [-0.15, -0.1) is 11.8 Å². The number of hydrogen-bond acceptors (Lipinski definition) is 5. The predicted molar refractivity (Wildman–Crippen MR) is 80.1 cm³/mol. The Hall–Kier alpha value is -2.21. The van der Waals surface area contributed by atoms with Crippen molar-refractivity contribution in [1.29, 1.82) is 0 Å². The summed E-state index contributed by atoms with van der Waals surface area (Å²) < 4.78 is 5.15. The molecule has 2 N–H and O–H groups in total. The SMILES string of the molecule is COc1ccc(N)c(SCc2cccc([N+](=O)[O-])c2)c1. The minimum absolute atomic E-state index is 0.0988. The van der Waals surface area contributed by atoms with E-state index in [1.165, 1.54) is 17.8 Å². The van der Waals surface area contributed by atoms with Gasteiger partial charge in [0, 0.05) is 28.5 Å². The van der Waals surface area contributed by atoms with Gasteiger partial charge in [-0.3, -0.25) is 10.1 Å². The molecule has 2 aromatic carbocycles. The largest absolute Gasteiger partial charge is 0.497 e. The van der Waals surface area contributed by atoms with Crippen LogP contribution in [0, 0.1) is 10.1 Å². The summed E-state index contributed by atoms with van der Waals surface area (Å²) in [5.41, 5.74) is 7.55. The predicted octanol–water partition coefficient (Wildman–Crippen LogP) is 3.48. The number of methoxy groups -OCH3 is 1. The van der Waals surface area contributed by atoms with Gasteiger partial charge in [0.15, 0.2) is 0 Å². The van der Waals surface area contributed by atoms with Crippen LogP contribution >= 0.6 is 11.8 Å². The number of ether oxygens (including phenoxy) is 1. The van der Waals surface area contributed by atoms with Gasteiger partial charge >= 0.3 is 0 Å². The molecule has 0 unspecified atom stereocenters. The molecular formula is C14H14N2O3S. The Morgan fingerprint density at radius 3 is 2.80 bits per heavy atom. The Labute approximate surface area is 120 Å². The van der Waals surface area contributed by atoms with E-state index in [1.807, 2.05) is 12.1 Å². The van der Waals surface area contributed by atoms with Crippen LogP contribution in [-0.2, 0) is 5.75 Å². The van der Waals surface area contributed by atoms with Crippen molar-refractivity contribution < 1.29 is 9.66 Å². The molecule has 0 fully saturated rings. The summed E-state index contributed by atoms with van der Waals surface area (Å²) in [6, 6.07) is 12.0. The number of non-ortho nitro benzene ring substituents is 1. The van der Waals surface area contributed by atoms with Crippen LogP contribution in [0.5, 0.6) is 5.75 Å². The van der Waals surface area contributed by atoms with Crippen molar-refractivity contribution in [2.24, 2.45) is 0 Å². The smallest absolute Gasteiger partial charge is 0.269 e. The number of nitro benzene ring substituents is 1. The lowest BCUT2D eigenvalue weighted by Crippen LogP contribution is -1.92. The molecule has 0 saturated carbocycles. The van der Waals surface area contributed by atoms with Crippen molar-refractivity contribution in [2.75, 3.05) is 12.8 Å². The minimum Gasteiger partial charge on any atom is -0.497 e. The number of hydrogen-bond donors (Lipinski definition) is 1. The fourth-order valence-corrected chi connectivity index (χ4v) is 2.62. The zero-order chi connectivity index (χ0) is 14.5. The first-order valence-corrected chi connectivity index (χ1v) is 6.88. The zero-order valence-electron chi connectivity index (χ0n) is 10.9. The van der Waals surface area contributed by atoms with E-state index in [9.17, 15) is 10.1 Å². The van der Waals surface area contributed by atoms with E-state index in [0.29, 0.717) is 11.4 Å². The molecule has 0 atom stereocenters. The number of nitrogen functional groups attached to an aromatic ring is 1. The van der Waals surface area contributed by atoms with Crippen molar-refractivity contribution in [3.05, 3.63) is 58.1 Å². The highest BCUT2D eigenvalue weighted by molar-refractivity contribution is 7.98. The molecule has 0 saturated heterocycles. The second kappa shape index (κ2) is 6.29. The fraction of sp³-hybridized carbons (Fsp3) is 0.143. The van der Waals surface area contributed by atoms with Crippen molar-refractivity contribution in [1.82, 2.24) is 0 Å². The first-order valence-electron chi connectivity index (χ1n) is 5.90. The van der Waals surface area contributed by atoms with Crippen LogP contribution in [-0.4, -0.2) is 12.0 Å². The number of nitrogens with zero attached hydrogens (tertiary/aromatic N) is 1. The summed E-state index contributed by atoms with van der Waals surface area (Å²) >= 11 is 1.52. The number of rotatable bonds is 5. The van der Waals surface area contributed by atoms with Crippen molar-refractivity contribution in [2.45, 2.75) is 10.6 Å². The lowest BCUT2D eigenvalue weighted by molar-refractivity contribution is -0.384. The molecule has 0 aliphatic heterocycles. The molecule has 2 aromatic rings. The van der Waals surface area contributed by atoms with E-state index in [2.05, 4.69) is 0 Å². The van der Waals surface area contributed by atoms with Gasteiger partial charge in [0.1, 0.15) is 5.75 Å². The van der Waals surface area contributed by atoms with Crippen molar-refractivity contribution >= 4 is 23.1 Å². The summed E-state index contributed by atoms with van der Waals surface area (Å²) in [6.45, 7) is 0. The number of anilines is 1. The lowest BCUT2D eigenvalue weighted by Gasteiger charge is -2.08. The average molecular weight is 290 g/mol. The third-order valence-corrected chi connectivity index (χ3v) is 3.88. The minimum atomic E-state index is -0.395. The monoisotopic (exact) mass is 290 g/mol. The van der Waals surface area contributed by atoms with E-state index in [0.717, 1.165) is 16.2 Å². The number of benzene rings is 2. The van der Waals surface area contributed by atoms with Crippen LogP contribution < -0.4 is 10.5 Å². The molecule has 5 nitrogen and oxygen atoms in total. The average Bonchev–Trinajstić information content (AvgIpc) is 2.46. The molecule has 0 bridgehead atoms. The molecule has 2 rings (SSSR count). The summed E-state index contributed by atoms with van der Waals surface area (Å²) in [5.74, 6) is 1.35. The Morgan fingerprint density at radius 2 is 2.10 bits per heavy atom. The Kier molecular flexibility index (Phi) is 4.47. The number of nitrogens with two attached hydrogens (primary N) is 1. The third kappa shape index (κ3) is 3.42. The quantitative estimate of drug-likeness (QED) is 0.395. The van der Waals surface area contributed by atoms with Crippen LogP contribution in [0.4, 0.5) is 11.4 Å². The van der Waals surface area contributed by atoms with E-state index in [1.54, 1.807) is 31.4 Å². The third-order valence-electron chi connectivity index (χ3n) is 2.74. The normalized spacial score (nSPS) is 10.2. The first kappa shape index (κ1) is 14.2. The number of nitro groups is 1. The highest BCUT2D eigenvalue weighted by atomic mass is 32.2. The summed E-state index contributed by atoms with van der Waals surface area (Å²) in [5, 5.41) is 10.7. The van der Waals surface area contributed by atoms with E-state index in [4.69, 9.17) is 10.5 Å². The highest BCUT2D eigenvalue weighted by Crippen LogP contribution is 2.31. The lowest BCUT2D eigenvalue weighted by atomic mass is 10.2. The van der Waals surface area contributed by atoms with Crippen molar-refractivity contribution in [3.8, 4) is 5.75 Å². The Balaban J connectivity index is 2.12. The maximum atomic E-state index is 10.7. The first-order chi connectivity index (χ1) is 9.60. The summed E-state index contributed by atoms with van der Waals surface area (Å²) in [7, 11) is 1.60. The van der Waals surface area contributed by atoms with Gasteiger partial charge in [0.2, 0.25) is 0 Å². The summed E-state index contributed by atoms with van der Waals surface area (Å²) in [4.78, 5) is 11.2. The topological polar surface area (TPSA) is 78.4 Å². The van der Waals surface area contributed by atoms with E-state index < -0.39 is 4.92 Å². The highest BCUT2D eigenvalue weighted by Gasteiger charge is 2.07. The summed E-state index contributed by atoms with van der Waals surface area (Å²) in [6.07, 6.45) is 0. The van der Waals surface area contributed by atoms with Crippen LogP contribution in [0.1, 0.15) is 5.56 Å². The second-order valence-electron chi connectivity index (χ2n) is 4.12. The molecule has 0 heterocycles. The molecule has 104 valence electrons. The maximum Gasteiger partial charge on any atom is 0.269 e. The second-order valence-corrected chi connectivity index (χ2v) is 5.14.